The molecule has 0 aromatic heterocycles. The first kappa shape index (κ1) is 14.8. The summed E-state index contributed by atoms with van der Waals surface area (Å²) in [5.41, 5.74) is 5.55. The molecule has 1 unspecified atom stereocenters. The topological polar surface area (TPSA) is 92.4 Å². The number of sulfonamides is 1. The number of aromatic hydroxyl groups is 1. The minimum Gasteiger partial charge on any atom is -0.506 e. The molecule has 0 radical (unpaired) electrons. The van der Waals surface area contributed by atoms with Gasteiger partial charge in [-0.25, -0.2) is 13.1 Å². The molecule has 0 saturated carbocycles. The van der Waals surface area contributed by atoms with E-state index in [1.54, 1.807) is 0 Å². The summed E-state index contributed by atoms with van der Waals surface area (Å²) in [6.07, 6.45) is 2.45. The highest BCUT2D eigenvalue weighted by molar-refractivity contribution is 7.89. The van der Waals surface area contributed by atoms with E-state index in [1.807, 2.05) is 13.8 Å². The fourth-order valence-corrected chi connectivity index (χ4v) is 3.07. The van der Waals surface area contributed by atoms with E-state index in [1.165, 1.54) is 18.2 Å². The number of hydrogen-bond acceptors (Lipinski definition) is 4. The van der Waals surface area contributed by atoms with Gasteiger partial charge in [0.15, 0.2) is 0 Å². The largest absolute Gasteiger partial charge is 0.506 e. The van der Waals surface area contributed by atoms with Gasteiger partial charge in [0, 0.05) is 6.04 Å². The quantitative estimate of drug-likeness (QED) is 0.544. The lowest BCUT2D eigenvalue weighted by molar-refractivity contribution is 0.477. The third kappa shape index (κ3) is 3.61. The van der Waals surface area contributed by atoms with Crippen molar-refractivity contribution in [3.63, 3.8) is 0 Å². The van der Waals surface area contributed by atoms with Gasteiger partial charge >= 0.3 is 0 Å². The van der Waals surface area contributed by atoms with E-state index in [2.05, 4.69) is 4.72 Å². The van der Waals surface area contributed by atoms with Crippen LogP contribution in [0.25, 0.3) is 0 Å². The zero-order valence-corrected chi connectivity index (χ0v) is 11.5. The van der Waals surface area contributed by atoms with Gasteiger partial charge in [-0.2, -0.15) is 0 Å². The number of anilines is 1. The Bertz CT molecular complexity index is 500. The molecule has 0 amide bonds. The SMILES string of the molecule is CCCC(CC)NS(=O)(=O)c1ccc(O)c(N)c1. The van der Waals surface area contributed by atoms with E-state index in [9.17, 15) is 13.5 Å². The van der Waals surface area contributed by atoms with Crippen molar-refractivity contribution in [3.05, 3.63) is 18.2 Å². The molecule has 0 aliphatic heterocycles. The fourth-order valence-electron chi connectivity index (χ4n) is 1.68. The van der Waals surface area contributed by atoms with Crippen LogP contribution in [0.4, 0.5) is 5.69 Å². The Hall–Kier alpha value is -1.27. The minimum atomic E-state index is -3.57. The molecule has 0 bridgehead atoms. The molecule has 1 atom stereocenters. The van der Waals surface area contributed by atoms with E-state index in [0.29, 0.717) is 0 Å². The van der Waals surface area contributed by atoms with E-state index in [4.69, 9.17) is 5.73 Å². The van der Waals surface area contributed by atoms with Crippen LogP contribution in [0.2, 0.25) is 0 Å². The van der Waals surface area contributed by atoms with Gasteiger partial charge in [-0.05, 0) is 31.0 Å². The Morgan fingerprint density at radius 3 is 2.56 bits per heavy atom. The maximum atomic E-state index is 12.1. The van der Waals surface area contributed by atoms with Crippen LogP contribution < -0.4 is 10.5 Å². The number of nitrogens with two attached hydrogens (primary N) is 1. The minimum absolute atomic E-state index is 0.0569. The molecule has 0 aliphatic rings. The zero-order valence-electron chi connectivity index (χ0n) is 10.7. The third-order valence-electron chi connectivity index (χ3n) is 2.76. The van der Waals surface area contributed by atoms with Crippen LogP contribution in [0.5, 0.6) is 5.75 Å². The van der Waals surface area contributed by atoms with Crippen molar-refractivity contribution in [1.29, 1.82) is 0 Å². The predicted octanol–water partition coefficient (Wildman–Crippen LogP) is 1.83. The van der Waals surface area contributed by atoms with Gasteiger partial charge in [0.1, 0.15) is 5.75 Å². The van der Waals surface area contributed by atoms with Crippen molar-refractivity contribution in [2.24, 2.45) is 0 Å². The first-order valence-corrected chi connectivity index (χ1v) is 7.49. The van der Waals surface area contributed by atoms with Crippen molar-refractivity contribution in [2.75, 3.05) is 5.73 Å². The summed E-state index contributed by atoms with van der Waals surface area (Å²) in [5, 5.41) is 9.28. The van der Waals surface area contributed by atoms with Crippen LogP contribution in [0.15, 0.2) is 23.1 Å². The Balaban J connectivity index is 2.95. The number of nitrogens with one attached hydrogen (secondary N) is 1. The molecule has 6 heteroatoms. The van der Waals surface area contributed by atoms with Gasteiger partial charge in [-0.3, -0.25) is 0 Å². The maximum absolute atomic E-state index is 12.1. The Morgan fingerprint density at radius 2 is 2.06 bits per heavy atom. The molecular formula is C12H20N2O3S. The summed E-state index contributed by atoms with van der Waals surface area (Å²) >= 11 is 0. The summed E-state index contributed by atoms with van der Waals surface area (Å²) in [4.78, 5) is 0.0763. The first-order chi connectivity index (χ1) is 8.40. The summed E-state index contributed by atoms with van der Waals surface area (Å²) in [6, 6.07) is 3.81. The lowest BCUT2D eigenvalue weighted by Crippen LogP contribution is -2.34. The molecule has 0 aliphatic carbocycles. The van der Waals surface area contributed by atoms with Crippen LogP contribution >= 0.6 is 0 Å². The van der Waals surface area contributed by atoms with Gasteiger partial charge in [-0.15, -0.1) is 0 Å². The van der Waals surface area contributed by atoms with E-state index >= 15 is 0 Å². The maximum Gasteiger partial charge on any atom is 0.240 e. The van der Waals surface area contributed by atoms with Crippen LogP contribution in [-0.2, 0) is 10.0 Å². The number of hydrogen-bond donors (Lipinski definition) is 3. The highest BCUT2D eigenvalue weighted by Gasteiger charge is 2.19. The average molecular weight is 272 g/mol. The van der Waals surface area contributed by atoms with Gasteiger partial charge in [0.2, 0.25) is 10.0 Å². The third-order valence-corrected chi connectivity index (χ3v) is 4.28. The molecule has 1 aromatic carbocycles. The van der Waals surface area contributed by atoms with Crippen LogP contribution in [0, 0.1) is 0 Å². The number of phenolic OH excluding ortho intramolecular Hbond substituents is 1. The van der Waals surface area contributed by atoms with Crippen LogP contribution in [0.1, 0.15) is 33.1 Å². The highest BCUT2D eigenvalue weighted by Crippen LogP contribution is 2.23. The highest BCUT2D eigenvalue weighted by atomic mass is 32.2. The molecule has 0 spiro atoms. The molecule has 1 aromatic rings. The van der Waals surface area contributed by atoms with Gasteiger partial charge in [0.25, 0.3) is 0 Å². The molecule has 0 heterocycles. The van der Waals surface area contributed by atoms with Gasteiger partial charge in [-0.1, -0.05) is 20.3 Å². The molecule has 4 N–H and O–H groups in total. The molecule has 18 heavy (non-hydrogen) atoms. The number of benzene rings is 1. The van der Waals surface area contributed by atoms with Gasteiger partial charge in [0.05, 0.1) is 10.6 Å². The second-order valence-electron chi connectivity index (χ2n) is 4.24. The molecule has 102 valence electrons. The summed E-state index contributed by atoms with van der Waals surface area (Å²) in [6.45, 7) is 3.95. The number of phenols is 1. The molecule has 1 rings (SSSR count). The standard InChI is InChI=1S/C12H20N2O3S/c1-3-5-9(4-2)14-18(16,17)10-6-7-12(15)11(13)8-10/h6-9,14-15H,3-5,13H2,1-2H3. The Morgan fingerprint density at radius 1 is 1.39 bits per heavy atom. The fraction of sp³-hybridized carbons (Fsp3) is 0.500. The lowest BCUT2D eigenvalue weighted by atomic mass is 10.1. The van der Waals surface area contributed by atoms with Crippen molar-refractivity contribution in [1.82, 2.24) is 4.72 Å². The summed E-state index contributed by atoms with van der Waals surface area (Å²) < 4.78 is 26.8. The monoisotopic (exact) mass is 272 g/mol. The first-order valence-electron chi connectivity index (χ1n) is 6.01. The van der Waals surface area contributed by atoms with Crippen molar-refractivity contribution >= 4 is 15.7 Å². The lowest BCUT2D eigenvalue weighted by Gasteiger charge is -2.16. The van der Waals surface area contributed by atoms with Crippen molar-refractivity contribution < 1.29 is 13.5 Å². The number of nitrogen functional groups attached to an aromatic ring is 1. The van der Waals surface area contributed by atoms with Crippen LogP contribution in [0.3, 0.4) is 0 Å². The van der Waals surface area contributed by atoms with Crippen LogP contribution in [-0.4, -0.2) is 19.6 Å². The summed E-state index contributed by atoms with van der Waals surface area (Å²) in [7, 11) is -3.57. The molecular weight excluding hydrogens is 252 g/mol. The average Bonchev–Trinajstić information content (AvgIpc) is 2.31. The second-order valence-corrected chi connectivity index (χ2v) is 5.95. The van der Waals surface area contributed by atoms with Gasteiger partial charge < -0.3 is 10.8 Å². The molecule has 0 saturated heterocycles. The van der Waals surface area contributed by atoms with E-state index < -0.39 is 10.0 Å². The van der Waals surface area contributed by atoms with Crippen molar-refractivity contribution in [3.8, 4) is 5.75 Å². The summed E-state index contributed by atoms with van der Waals surface area (Å²) in [5.74, 6) is -0.116. The normalized spacial score (nSPS) is 13.4. The molecule has 5 nitrogen and oxygen atoms in total. The number of rotatable bonds is 6. The predicted molar refractivity (Wildman–Crippen MR) is 71.8 cm³/mol. The van der Waals surface area contributed by atoms with E-state index in [0.717, 1.165) is 19.3 Å². The Kier molecular flexibility index (Phi) is 4.98. The van der Waals surface area contributed by atoms with Crippen molar-refractivity contribution in [2.45, 2.75) is 44.0 Å². The second kappa shape index (κ2) is 6.06. The molecule has 0 fully saturated rings. The Labute approximate surface area is 108 Å². The van der Waals surface area contributed by atoms with E-state index in [-0.39, 0.29) is 22.4 Å². The smallest absolute Gasteiger partial charge is 0.240 e. The zero-order chi connectivity index (χ0) is 13.8.